The lowest BCUT2D eigenvalue weighted by atomic mass is 10.1. The highest BCUT2D eigenvalue weighted by Gasteiger charge is 2.12. The zero-order chi connectivity index (χ0) is 25.1. The van der Waals surface area contributed by atoms with Gasteiger partial charge in [-0.15, -0.1) is 0 Å². The molecule has 5 rings (SSSR count). The van der Waals surface area contributed by atoms with Gasteiger partial charge in [-0.2, -0.15) is 9.97 Å². The maximum absolute atomic E-state index is 12.6. The van der Waals surface area contributed by atoms with Crippen LogP contribution in [0.2, 0.25) is 5.02 Å². The molecule has 0 radical (unpaired) electrons. The third kappa shape index (κ3) is 5.08. The van der Waals surface area contributed by atoms with E-state index in [0.717, 1.165) is 22.2 Å². The summed E-state index contributed by atoms with van der Waals surface area (Å²) in [6.07, 6.45) is 1.95. The number of carbonyl (C=O) groups is 1. The number of hydrogen-bond donors (Lipinski definition) is 4. The molecule has 9 heteroatoms. The number of nitrogen functional groups attached to an aromatic ring is 2. The molecular formula is C27H24ClN7O. The Hall–Kier alpha value is -4.56. The number of carbonyl (C=O) groups excluding carboxylic acids is 1. The van der Waals surface area contributed by atoms with E-state index in [1.165, 1.54) is 0 Å². The Bertz CT molecular complexity index is 1530. The SMILES string of the molecule is Nc1nc(NCc2ccc(Cl)cc2)c2ccn(Cc3ccc(C(=O)Nc4ccccc4N)cc3)c2n1. The molecule has 0 saturated heterocycles. The van der Waals surface area contributed by atoms with Crippen molar-refractivity contribution in [3.05, 3.63) is 107 Å². The van der Waals surface area contributed by atoms with E-state index in [9.17, 15) is 4.79 Å². The molecule has 6 N–H and O–H groups in total. The van der Waals surface area contributed by atoms with E-state index in [1.807, 2.05) is 65.4 Å². The molecule has 180 valence electrons. The summed E-state index contributed by atoms with van der Waals surface area (Å²) >= 11 is 5.97. The molecule has 0 aliphatic rings. The molecule has 1 amide bonds. The molecule has 0 unspecified atom stereocenters. The molecule has 0 saturated carbocycles. The Morgan fingerprint density at radius 1 is 0.889 bits per heavy atom. The third-order valence-corrected chi connectivity index (χ3v) is 6.04. The monoisotopic (exact) mass is 497 g/mol. The number of benzene rings is 3. The third-order valence-electron chi connectivity index (χ3n) is 5.79. The quantitative estimate of drug-likeness (QED) is 0.230. The Morgan fingerprint density at radius 3 is 2.36 bits per heavy atom. The van der Waals surface area contributed by atoms with E-state index in [-0.39, 0.29) is 11.9 Å². The number of amides is 1. The van der Waals surface area contributed by atoms with Gasteiger partial charge in [0.1, 0.15) is 11.5 Å². The Balaban J connectivity index is 1.31. The van der Waals surface area contributed by atoms with Crippen LogP contribution in [0.4, 0.5) is 23.1 Å². The van der Waals surface area contributed by atoms with Crippen molar-refractivity contribution in [2.75, 3.05) is 22.1 Å². The number of fused-ring (bicyclic) bond motifs is 1. The van der Waals surface area contributed by atoms with Crippen molar-refractivity contribution in [1.82, 2.24) is 14.5 Å². The fourth-order valence-electron chi connectivity index (χ4n) is 3.90. The molecule has 5 aromatic rings. The maximum atomic E-state index is 12.6. The number of para-hydroxylation sites is 2. The minimum absolute atomic E-state index is 0.188. The van der Waals surface area contributed by atoms with Crippen LogP contribution in [0.25, 0.3) is 11.0 Å². The maximum Gasteiger partial charge on any atom is 0.255 e. The highest BCUT2D eigenvalue weighted by molar-refractivity contribution is 6.30. The number of aromatic nitrogens is 3. The lowest BCUT2D eigenvalue weighted by Gasteiger charge is -2.10. The lowest BCUT2D eigenvalue weighted by molar-refractivity contribution is 0.102. The molecule has 2 heterocycles. The number of nitrogens with two attached hydrogens (primary N) is 2. The summed E-state index contributed by atoms with van der Waals surface area (Å²) in [6, 6.07) is 24.2. The Morgan fingerprint density at radius 2 is 1.61 bits per heavy atom. The van der Waals surface area contributed by atoms with Crippen molar-refractivity contribution in [3.63, 3.8) is 0 Å². The Labute approximate surface area is 212 Å². The summed E-state index contributed by atoms with van der Waals surface area (Å²) in [5, 5.41) is 7.75. The van der Waals surface area contributed by atoms with Crippen LogP contribution in [-0.4, -0.2) is 20.4 Å². The second-order valence-electron chi connectivity index (χ2n) is 8.33. The van der Waals surface area contributed by atoms with Crippen molar-refractivity contribution in [3.8, 4) is 0 Å². The Kier molecular flexibility index (Phi) is 6.42. The van der Waals surface area contributed by atoms with Crippen LogP contribution in [-0.2, 0) is 13.1 Å². The van der Waals surface area contributed by atoms with E-state index >= 15 is 0 Å². The zero-order valence-corrected chi connectivity index (χ0v) is 20.0. The number of halogens is 1. The molecule has 8 nitrogen and oxygen atoms in total. The standard InChI is InChI=1S/C27H24ClN7O/c28-20-11-7-17(8-12-20)15-31-24-21-13-14-35(25(21)34-27(30)33-24)16-18-5-9-19(10-6-18)26(36)32-23-4-2-1-3-22(23)29/h1-14H,15-16,29H2,(H,32,36)(H3,30,31,33,34). The van der Waals surface area contributed by atoms with E-state index in [4.69, 9.17) is 23.1 Å². The first-order chi connectivity index (χ1) is 17.5. The van der Waals surface area contributed by atoms with Crippen molar-refractivity contribution >= 4 is 51.7 Å². The van der Waals surface area contributed by atoms with Crippen molar-refractivity contribution in [2.24, 2.45) is 0 Å². The molecule has 0 aliphatic carbocycles. The topological polar surface area (TPSA) is 124 Å². The molecule has 0 aliphatic heterocycles. The van der Waals surface area contributed by atoms with Crippen molar-refractivity contribution in [2.45, 2.75) is 13.1 Å². The minimum atomic E-state index is -0.220. The number of hydrogen-bond acceptors (Lipinski definition) is 6. The van der Waals surface area contributed by atoms with Gasteiger partial charge in [-0.25, -0.2) is 0 Å². The average Bonchev–Trinajstić information content (AvgIpc) is 3.27. The van der Waals surface area contributed by atoms with Gasteiger partial charge < -0.3 is 26.7 Å². The second kappa shape index (κ2) is 9.97. The van der Waals surface area contributed by atoms with Crippen molar-refractivity contribution in [1.29, 1.82) is 0 Å². The first-order valence-electron chi connectivity index (χ1n) is 11.3. The number of rotatable bonds is 7. The molecule has 0 bridgehead atoms. The molecule has 36 heavy (non-hydrogen) atoms. The van der Waals surface area contributed by atoms with Crippen molar-refractivity contribution < 1.29 is 4.79 Å². The van der Waals surface area contributed by atoms with Gasteiger partial charge in [-0.3, -0.25) is 4.79 Å². The number of anilines is 4. The van der Waals surface area contributed by atoms with E-state index in [1.54, 1.807) is 24.3 Å². The predicted octanol–water partition coefficient (Wildman–Crippen LogP) is 5.16. The second-order valence-corrected chi connectivity index (χ2v) is 8.77. The number of nitrogens with zero attached hydrogens (tertiary/aromatic N) is 3. The van der Waals surface area contributed by atoms with Crippen LogP contribution in [0.1, 0.15) is 21.5 Å². The highest BCUT2D eigenvalue weighted by atomic mass is 35.5. The fourth-order valence-corrected chi connectivity index (χ4v) is 4.02. The summed E-state index contributed by atoms with van der Waals surface area (Å²) in [4.78, 5) is 21.5. The van der Waals surface area contributed by atoms with E-state index < -0.39 is 0 Å². The van der Waals surface area contributed by atoms with Gasteiger partial charge in [0.2, 0.25) is 5.95 Å². The summed E-state index contributed by atoms with van der Waals surface area (Å²) < 4.78 is 2.00. The van der Waals surface area contributed by atoms with E-state index in [2.05, 4.69) is 20.6 Å². The van der Waals surface area contributed by atoms with Gasteiger partial charge in [0.25, 0.3) is 5.91 Å². The molecular weight excluding hydrogens is 474 g/mol. The van der Waals surface area contributed by atoms with Gasteiger partial charge in [-0.05, 0) is 53.6 Å². The van der Waals surface area contributed by atoms with Gasteiger partial charge in [0.15, 0.2) is 0 Å². The summed E-state index contributed by atoms with van der Waals surface area (Å²) in [7, 11) is 0. The van der Waals surface area contributed by atoms with Crippen LogP contribution in [0, 0.1) is 0 Å². The zero-order valence-electron chi connectivity index (χ0n) is 19.3. The molecule has 0 fully saturated rings. The summed E-state index contributed by atoms with van der Waals surface area (Å²) in [5.41, 5.74) is 16.4. The molecule has 0 atom stereocenters. The lowest BCUT2D eigenvalue weighted by Crippen LogP contribution is -2.13. The molecule has 3 aromatic carbocycles. The fraction of sp³-hybridized carbons (Fsp3) is 0.0741. The first kappa shape index (κ1) is 23.2. The van der Waals surface area contributed by atoms with Crippen LogP contribution in [0.15, 0.2) is 85.1 Å². The van der Waals surface area contributed by atoms with Crippen LogP contribution < -0.4 is 22.1 Å². The highest BCUT2D eigenvalue weighted by Crippen LogP contribution is 2.24. The van der Waals surface area contributed by atoms with E-state index in [0.29, 0.717) is 40.9 Å². The summed E-state index contributed by atoms with van der Waals surface area (Å²) in [5.74, 6) is 0.634. The minimum Gasteiger partial charge on any atom is -0.397 e. The van der Waals surface area contributed by atoms with Gasteiger partial charge in [-0.1, -0.05) is 48.0 Å². The van der Waals surface area contributed by atoms with Crippen LogP contribution in [0.5, 0.6) is 0 Å². The summed E-state index contributed by atoms with van der Waals surface area (Å²) in [6.45, 7) is 1.14. The molecule has 0 spiro atoms. The average molecular weight is 498 g/mol. The number of nitrogens with one attached hydrogen (secondary N) is 2. The van der Waals surface area contributed by atoms with Crippen LogP contribution in [0.3, 0.4) is 0 Å². The molecule has 2 aromatic heterocycles. The first-order valence-corrected chi connectivity index (χ1v) is 11.7. The van der Waals surface area contributed by atoms with Gasteiger partial charge >= 0.3 is 0 Å². The van der Waals surface area contributed by atoms with Gasteiger partial charge in [0.05, 0.1) is 16.8 Å². The van der Waals surface area contributed by atoms with Crippen LogP contribution >= 0.6 is 11.6 Å². The van der Waals surface area contributed by atoms with Gasteiger partial charge in [0, 0.05) is 29.9 Å². The predicted molar refractivity (Wildman–Crippen MR) is 145 cm³/mol. The smallest absolute Gasteiger partial charge is 0.255 e. The normalized spacial score (nSPS) is 10.9. The largest absolute Gasteiger partial charge is 0.397 e.